The van der Waals surface area contributed by atoms with Crippen molar-refractivity contribution in [2.45, 2.75) is 58.0 Å². The van der Waals surface area contributed by atoms with Gasteiger partial charge in [0, 0.05) is 25.1 Å². The predicted molar refractivity (Wildman–Crippen MR) is 98.7 cm³/mol. The first kappa shape index (κ1) is 20.5. The monoisotopic (exact) mass is 394 g/mol. The van der Waals surface area contributed by atoms with E-state index in [1.807, 2.05) is 11.0 Å². The topological polar surface area (TPSA) is 68.3 Å². The zero-order chi connectivity index (χ0) is 20.5. The van der Waals surface area contributed by atoms with Gasteiger partial charge in [-0.15, -0.1) is 0 Å². The molecule has 0 saturated carbocycles. The van der Waals surface area contributed by atoms with Crippen LogP contribution in [0.4, 0.5) is 9.18 Å². The second-order valence-electron chi connectivity index (χ2n) is 8.19. The van der Waals surface area contributed by atoms with Crippen LogP contribution in [0, 0.1) is 5.82 Å². The van der Waals surface area contributed by atoms with Crippen LogP contribution in [0.15, 0.2) is 18.2 Å². The van der Waals surface area contributed by atoms with Crippen molar-refractivity contribution < 1.29 is 28.2 Å². The van der Waals surface area contributed by atoms with Gasteiger partial charge in [0.2, 0.25) is 0 Å². The average molecular weight is 394 g/mol. The molecule has 0 spiro atoms. The van der Waals surface area contributed by atoms with Crippen molar-refractivity contribution in [3.8, 4) is 0 Å². The van der Waals surface area contributed by atoms with Crippen LogP contribution in [-0.2, 0) is 32.1 Å². The average Bonchev–Trinajstić information content (AvgIpc) is 3.22. The van der Waals surface area contributed by atoms with Gasteiger partial charge in [0.25, 0.3) is 0 Å². The molecule has 0 radical (unpaired) electrons. The lowest BCUT2D eigenvalue weighted by molar-refractivity contribution is -0.145. The fraction of sp³-hybridized carbons (Fsp3) is 0.600. The minimum Gasteiger partial charge on any atom is -0.467 e. The number of carbonyl (C=O) groups excluding carboxylic acids is 2. The first-order valence-electron chi connectivity index (χ1n) is 9.35. The van der Waals surface area contributed by atoms with E-state index in [0.717, 1.165) is 5.56 Å². The van der Waals surface area contributed by atoms with Crippen molar-refractivity contribution in [1.29, 1.82) is 0 Å². The molecule has 0 aromatic heterocycles. The van der Waals surface area contributed by atoms with Crippen LogP contribution in [0.3, 0.4) is 0 Å². The highest BCUT2D eigenvalue weighted by Crippen LogP contribution is 2.27. The van der Waals surface area contributed by atoms with Gasteiger partial charge >= 0.3 is 12.1 Å². The van der Waals surface area contributed by atoms with Gasteiger partial charge in [0.05, 0.1) is 19.8 Å². The van der Waals surface area contributed by atoms with Crippen LogP contribution in [0.2, 0.25) is 0 Å². The Morgan fingerprint density at radius 3 is 2.64 bits per heavy atom. The SMILES string of the molecule is COC(=O)C1CC(OCN2Cc3cccc(F)c3C2)CN1C(=O)OC(C)(C)C. The molecule has 7 nitrogen and oxygen atoms in total. The van der Waals surface area contributed by atoms with E-state index in [9.17, 15) is 14.0 Å². The number of likely N-dealkylation sites (tertiary alicyclic amines) is 1. The highest BCUT2D eigenvalue weighted by molar-refractivity contribution is 5.82. The Hall–Kier alpha value is -2.19. The van der Waals surface area contributed by atoms with Crippen molar-refractivity contribution >= 4 is 12.1 Å². The van der Waals surface area contributed by atoms with Gasteiger partial charge < -0.3 is 14.2 Å². The Balaban J connectivity index is 1.59. The summed E-state index contributed by atoms with van der Waals surface area (Å²) in [5.41, 5.74) is 0.987. The Labute approximate surface area is 164 Å². The summed E-state index contributed by atoms with van der Waals surface area (Å²) in [4.78, 5) is 27.9. The lowest BCUT2D eigenvalue weighted by Gasteiger charge is -2.27. The Kier molecular flexibility index (Phi) is 5.90. The van der Waals surface area contributed by atoms with E-state index in [2.05, 4.69) is 0 Å². The van der Waals surface area contributed by atoms with E-state index < -0.39 is 23.7 Å². The van der Waals surface area contributed by atoms with Crippen LogP contribution in [-0.4, -0.2) is 60.0 Å². The Bertz CT molecular complexity index is 749. The molecule has 0 aliphatic carbocycles. The van der Waals surface area contributed by atoms with E-state index in [1.165, 1.54) is 18.1 Å². The summed E-state index contributed by atoms with van der Waals surface area (Å²) in [5.74, 6) is -0.699. The van der Waals surface area contributed by atoms with Gasteiger partial charge in [-0.3, -0.25) is 9.80 Å². The number of nitrogens with zero attached hydrogens (tertiary/aromatic N) is 2. The number of amides is 1. The molecule has 1 amide bonds. The number of methoxy groups -OCH3 is 1. The molecule has 8 heteroatoms. The minimum atomic E-state index is -0.738. The molecule has 3 rings (SSSR count). The Morgan fingerprint density at radius 1 is 1.25 bits per heavy atom. The van der Waals surface area contributed by atoms with Crippen molar-refractivity contribution in [1.82, 2.24) is 9.80 Å². The van der Waals surface area contributed by atoms with Gasteiger partial charge in [0.15, 0.2) is 0 Å². The maximum absolute atomic E-state index is 13.9. The lowest BCUT2D eigenvalue weighted by Crippen LogP contribution is -2.44. The summed E-state index contributed by atoms with van der Waals surface area (Å²) in [5, 5.41) is 0. The third kappa shape index (κ3) is 4.62. The van der Waals surface area contributed by atoms with E-state index in [1.54, 1.807) is 26.8 Å². The maximum Gasteiger partial charge on any atom is 0.411 e. The number of ether oxygens (including phenoxy) is 3. The number of benzene rings is 1. The summed E-state index contributed by atoms with van der Waals surface area (Å²) in [6.45, 7) is 6.92. The molecule has 1 fully saturated rings. The number of halogens is 1. The number of hydrogen-bond acceptors (Lipinski definition) is 6. The zero-order valence-electron chi connectivity index (χ0n) is 16.7. The third-order valence-corrected chi connectivity index (χ3v) is 4.85. The quantitative estimate of drug-likeness (QED) is 0.732. The lowest BCUT2D eigenvalue weighted by atomic mass is 10.1. The molecule has 2 atom stereocenters. The zero-order valence-corrected chi connectivity index (χ0v) is 16.7. The number of esters is 1. The predicted octanol–water partition coefficient (Wildman–Crippen LogP) is 2.67. The van der Waals surface area contributed by atoms with Crippen molar-refractivity contribution in [2.24, 2.45) is 0 Å². The first-order valence-corrected chi connectivity index (χ1v) is 9.35. The largest absolute Gasteiger partial charge is 0.467 e. The van der Waals surface area contributed by atoms with Crippen molar-refractivity contribution in [3.05, 3.63) is 35.1 Å². The van der Waals surface area contributed by atoms with E-state index in [4.69, 9.17) is 14.2 Å². The number of rotatable bonds is 4. The smallest absolute Gasteiger partial charge is 0.411 e. The second kappa shape index (κ2) is 8.05. The van der Waals surface area contributed by atoms with E-state index >= 15 is 0 Å². The molecule has 28 heavy (non-hydrogen) atoms. The van der Waals surface area contributed by atoms with Crippen LogP contribution in [0.5, 0.6) is 0 Å². The number of carbonyl (C=O) groups is 2. The summed E-state index contributed by atoms with van der Waals surface area (Å²) in [6.07, 6.45) is -0.559. The summed E-state index contributed by atoms with van der Waals surface area (Å²) >= 11 is 0. The fourth-order valence-corrected chi connectivity index (χ4v) is 3.55. The van der Waals surface area contributed by atoms with Crippen LogP contribution in [0.1, 0.15) is 38.3 Å². The van der Waals surface area contributed by atoms with Crippen LogP contribution < -0.4 is 0 Å². The normalized spacial score (nSPS) is 22.2. The summed E-state index contributed by atoms with van der Waals surface area (Å²) in [7, 11) is 1.29. The molecule has 1 aromatic rings. The fourth-order valence-electron chi connectivity index (χ4n) is 3.55. The Morgan fingerprint density at radius 2 is 2.00 bits per heavy atom. The van der Waals surface area contributed by atoms with E-state index in [0.29, 0.717) is 25.1 Å². The highest BCUT2D eigenvalue weighted by Gasteiger charge is 2.43. The molecule has 2 unspecified atom stereocenters. The molecule has 2 heterocycles. The second-order valence-corrected chi connectivity index (χ2v) is 8.19. The van der Waals surface area contributed by atoms with Gasteiger partial charge in [-0.25, -0.2) is 14.0 Å². The van der Waals surface area contributed by atoms with E-state index in [-0.39, 0.29) is 25.2 Å². The van der Waals surface area contributed by atoms with Gasteiger partial charge in [-0.1, -0.05) is 12.1 Å². The molecule has 2 aliphatic rings. The molecule has 0 bridgehead atoms. The summed E-state index contributed by atoms with van der Waals surface area (Å²) in [6, 6.07) is 4.33. The maximum atomic E-state index is 13.9. The van der Waals surface area contributed by atoms with Gasteiger partial charge in [-0.05, 0) is 32.4 Å². The van der Waals surface area contributed by atoms with Gasteiger partial charge in [-0.2, -0.15) is 0 Å². The standard InChI is InChI=1S/C20H27FN2O5/c1-20(2,3)28-19(25)23-10-14(8-17(23)18(24)26-4)27-12-22-9-13-6-5-7-16(21)15(13)11-22/h5-7,14,17H,8-12H2,1-4H3. The van der Waals surface area contributed by atoms with Crippen molar-refractivity contribution in [2.75, 3.05) is 20.4 Å². The molecular weight excluding hydrogens is 367 g/mol. The minimum absolute atomic E-state index is 0.206. The summed E-state index contributed by atoms with van der Waals surface area (Å²) < 4.78 is 30.1. The molecule has 2 aliphatic heterocycles. The third-order valence-electron chi connectivity index (χ3n) is 4.85. The number of fused-ring (bicyclic) bond motifs is 1. The van der Waals surface area contributed by atoms with Crippen molar-refractivity contribution in [3.63, 3.8) is 0 Å². The molecule has 154 valence electrons. The van der Waals surface area contributed by atoms with Crippen LogP contribution in [0.25, 0.3) is 0 Å². The van der Waals surface area contributed by atoms with Gasteiger partial charge in [0.1, 0.15) is 24.2 Å². The first-order chi connectivity index (χ1) is 13.2. The number of hydrogen-bond donors (Lipinski definition) is 0. The molecule has 1 saturated heterocycles. The van der Waals surface area contributed by atoms with Crippen LogP contribution >= 0.6 is 0 Å². The molecule has 0 N–H and O–H groups in total. The molecule has 1 aromatic carbocycles. The highest BCUT2D eigenvalue weighted by atomic mass is 19.1. The molecular formula is C20H27FN2O5.